The van der Waals surface area contributed by atoms with Crippen molar-refractivity contribution in [3.05, 3.63) is 17.0 Å². The van der Waals surface area contributed by atoms with E-state index in [-0.39, 0.29) is 6.10 Å². The van der Waals surface area contributed by atoms with Crippen molar-refractivity contribution in [3.63, 3.8) is 0 Å². The fourth-order valence-electron chi connectivity index (χ4n) is 1.82. The highest BCUT2D eigenvalue weighted by molar-refractivity contribution is 5.23. The van der Waals surface area contributed by atoms with Crippen molar-refractivity contribution in [1.82, 2.24) is 15.1 Å². The summed E-state index contributed by atoms with van der Waals surface area (Å²) in [6, 6.07) is 0. The summed E-state index contributed by atoms with van der Waals surface area (Å²) in [7, 11) is 1.98. The molecule has 16 heavy (non-hydrogen) atoms. The summed E-state index contributed by atoms with van der Waals surface area (Å²) in [4.78, 5) is 0. The van der Waals surface area contributed by atoms with Crippen LogP contribution in [-0.2, 0) is 18.3 Å². The minimum Gasteiger partial charge on any atom is -0.377 e. The van der Waals surface area contributed by atoms with Crippen molar-refractivity contribution in [2.75, 3.05) is 13.2 Å². The predicted molar refractivity (Wildman–Crippen MR) is 65.5 cm³/mol. The molecule has 1 aromatic heterocycles. The van der Waals surface area contributed by atoms with Gasteiger partial charge >= 0.3 is 0 Å². The standard InChI is InChI=1S/C12H23N3O/c1-6-16-9(2)7-13-8-12-10(3)14-15(5)11(12)4/h9,13H,6-8H2,1-5H3. The molecule has 92 valence electrons. The third-order valence-electron chi connectivity index (χ3n) is 2.84. The predicted octanol–water partition coefficient (Wildman–Crippen LogP) is 1.55. The van der Waals surface area contributed by atoms with Gasteiger partial charge in [0.2, 0.25) is 0 Å². The number of aryl methyl sites for hydroxylation is 2. The summed E-state index contributed by atoms with van der Waals surface area (Å²) in [6.45, 7) is 10.8. The Morgan fingerprint density at radius 2 is 2.12 bits per heavy atom. The molecule has 0 aliphatic rings. The van der Waals surface area contributed by atoms with E-state index in [1.807, 2.05) is 18.7 Å². The van der Waals surface area contributed by atoms with Gasteiger partial charge in [-0.25, -0.2) is 0 Å². The van der Waals surface area contributed by atoms with Crippen LogP contribution in [0.25, 0.3) is 0 Å². The molecule has 0 aliphatic carbocycles. The zero-order chi connectivity index (χ0) is 12.1. The first-order chi connectivity index (χ1) is 7.56. The molecule has 1 heterocycles. The zero-order valence-electron chi connectivity index (χ0n) is 11.0. The molecule has 1 rings (SSSR count). The second-order valence-electron chi connectivity index (χ2n) is 4.17. The molecule has 0 bridgehead atoms. The molecule has 0 radical (unpaired) electrons. The van der Waals surface area contributed by atoms with Crippen LogP contribution in [0.4, 0.5) is 0 Å². The summed E-state index contributed by atoms with van der Waals surface area (Å²) < 4.78 is 7.39. The van der Waals surface area contributed by atoms with E-state index in [1.165, 1.54) is 11.3 Å². The van der Waals surface area contributed by atoms with E-state index in [0.29, 0.717) is 0 Å². The number of hydrogen-bond acceptors (Lipinski definition) is 3. The Hall–Kier alpha value is -0.870. The Bertz CT molecular complexity index is 333. The highest BCUT2D eigenvalue weighted by atomic mass is 16.5. The van der Waals surface area contributed by atoms with Crippen LogP contribution < -0.4 is 5.32 Å². The average molecular weight is 225 g/mol. The number of aromatic nitrogens is 2. The molecule has 0 aromatic carbocycles. The van der Waals surface area contributed by atoms with Crippen LogP contribution in [0.2, 0.25) is 0 Å². The number of ether oxygens (including phenoxy) is 1. The number of rotatable bonds is 6. The highest BCUT2D eigenvalue weighted by Crippen LogP contribution is 2.11. The summed E-state index contributed by atoms with van der Waals surface area (Å²) >= 11 is 0. The largest absolute Gasteiger partial charge is 0.377 e. The minimum atomic E-state index is 0.266. The van der Waals surface area contributed by atoms with Crippen LogP contribution in [0, 0.1) is 13.8 Å². The van der Waals surface area contributed by atoms with Gasteiger partial charge in [-0.05, 0) is 27.7 Å². The maximum Gasteiger partial charge on any atom is 0.0671 e. The molecule has 1 atom stereocenters. The summed E-state index contributed by atoms with van der Waals surface area (Å²) in [5.74, 6) is 0. The Labute approximate surface area is 98.0 Å². The van der Waals surface area contributed by atoms with Gasteiger partial charge in [0.05, 0.1) is 11.8 Å². The first kappa shape index (κ1) is 13.2. The molecule has 0 fully saturated rings. The minimum absolute atomic E-state index is 0.266. The van der Waals surface area contributed by atoms with E-state index in [9.17, 15) is 0 Å². The van der Waals surface area contributed by atoms with E-state index in [0.717, 1.165) is 25.4 Å². The first-order valence-electron chi connectivity index (χ1n) is 5.87. The van der Waals surface area contributed by atoms with E-state index < -0.39 is 0 Å². The maximum absolute atomic E-state index is 5.46. The quantitative estimate of drug-likeness (QED) is 0.798. The molecule has 4 heteroatoms. The van der Waals surface area contributed by atoms with E-state index in [4.69, 9.17) is 4.74 Å². The number of nitrogens with zero attached hydrogens (tertiary/aromatic N) is 2. The second kappa shape index (κ2) is 6.01. The molecular weight excluding hydrogens is 202 g/mol. The maximum atomic E-state index is 5.46. The lowest BCUT2D eigenvalue weighted by Crippen LogP contribution is -2.26. The molecule has 0 aliphatic heterocycles. The lowest BCUT2D eigenvalue weighted by molar-refractivity contribution is 0.0759. The topological polar surface area (TPSA) is 39.1 Å². The average Bonchev–Trinajstić information content (AvgIpc) is 2.45. The van der Waals surface area contributed by atoms with Crippen molar-refractivity contribution in [2.45, 2.75) is 40.3 Å². The Morgan fingerprint density at radius 1 is 1.44 bits per heavy atom. The second-order valence-corrected chi connectivity index (χ2v) is 4.17. The van der Waals surface area contributed by atoms with Crippen LogP contribution in [0.15, 0.2) is 0 Å². The molecular formula is C12H23N3O. The van der Waals surface area contributed by atoms with Crippen LogP contribution in [-0.4, -0.2) is 29.0 Å². The lowest BCUT2D eigenvalue weighted by Gasteiger charge is -2.12. The van der Waals surface area contributed by atoms with Crippen molar-refractivity contribution >= 4 is 0 Å². The Kier molecular flexibility index (Phi) is 4.96. The smallest absolute Gasteiger partial charge is 0.0671 e. The molecule has 4 nitrogen and oxygen atoms in total. The third kappa shape index (κ3) is 3.32. The molecule has 0 spiro atoms. The van der Waals surface area contributed by atoms with Gasteiger partial charge in [0, 0.05) is 38.0 Å². The van der Waals surface area contributed by atoms with Crippen molar-refractivity contribution in [3.8, 4) is 0 Å². The first-order valence-corrected chi connectivity index (χ1v) is 5.87. The fraction of sp³-hybridized carbons (Fsp3) is 0.750. The Balaban J connectivity index is 2.43. The normalized spacial score (nSPS) is 13.1. The van der Waals surface area contributed by atoms with Crippen LogP contribution in [0.1, 0.15) is 30.8 Å². The highest BCUT2D eigenvalue weighted by Gasteiger charge is 2.09. The van der Waals surface area contributed by atoms with Crippen molar-refractivity contribution in [1.29, 1.82) is 0 Å². The molecule has 1 unspecified atom stereocenters. The van der Waals surface area contributed by atoms with E-state index in [1.54, 1.807) is 0 Å². The number of nitrogens with one attached hydrogen (secondary N) is 1. The van der Waals surface area contributed by atoms with Gasteiger partial charge in [-0.3, -0.25) is 4.68 Å². The fourth-order valence-corrected chi connectivity index (χ4v) is 1.82. The Morgan fingerprint density at radius 3 is 2.62 bits per heavy atom. The molecule has 1 N–H and O–H groups in total. The SMILES string of the molecule is CCOC(C)CNCc1c(C)nn(C)c1C. The summed E-state index contributed by atoms with van der Waals surface area (Å²) in [5, 5.41) is 7.79. The van der Waals surface area contributed by atoms with E-state index >= 15 is 0 Å². The van der Waals surface area contributed by atoms with Gasteiger partial charge in [-0.2, -0.15) is 5.10 Å². The van der Waals surface area contributed by atoms with E-state index in [2.05, 4.69) is 31.2 Å². The van der Waals surface area contributed by atoms with Crippen LogP contribution in [0.3, 0.4) is 0 Å². The monoisotopic (exact) mass is 225 g/mol. The van der Waals surface area contributed by atoms with Gasteiger partial charge < -0.3 is 10.1 Å². The van der Waals surface area contributed by atoms with Crippen LogP contribution >= 0.6 is 0 Å². The van der Waals surface area contributed by atoms with Gasteiger partial charge in [0.25, 0.3) is 0 Å². The number of hydrogen-bond donors (Lipinski definition) is 1. The molecule has 0 saturated heterocycles. The molecule has 1 aromatic rings. The third-order valence-corrected chi connectivity index (χ3v) is 2.84. The summed E-state index contributed by atoms with van der Waals surface area (Å²) in [6.07, 6.45) is 0.266. The molecule has 0 amide bonds. The van der Waals surface area contributed by atoms with Crippen molar-refractivity contribution < 1.29 is 4.74 Å². The van der Waals surface area contributed by atoms with Crippen molar-refractivity contribution in [2.24, 2.45) is 7.05 Å². The van der Waals surface area contributed by atoms with Gasteiger partial charge in [-0.15, -0.1) is 0 Å². The zero-order valence-corrected chi connectivity index (χ0v) is 11.0. The summed E-state index contributed by atoms with van der Waals surface area (Å²) in [5.41, 5.74) is 3.64. The molecule has 0 saturated carbocycles. The van der Waals surface area contributed by atoms with Gasteiger partial charge in [-0.1, -0.05) is 0 Å². The van der Waals surface area contributed by atoms with Gasteiger partial charge in [0.15, 0.2) is 0 Å². The van der Waals surface area contributed by atoms with Crippen LogP contribution in [0.5, 0.6) is 0 Å². The van der Waals surface area contributed by atoms with Gasteiger partial charge in [0.1, 0.15) is 0 Å². The lowest BCUT2D eigenvalue weighted by atomic mass is 10.2.